The molecular weight excluding hydrogens is 246 g/mol. The van der Waals surface area contributed by atoms with Gasteiger partial charge >= 0.3 is 0 Å². The highest BCUT2D eigenvalue weighted by Gasteiger charge is 2.29. The fourth-order valence-electron chi connectivity index (χ4n) is 3.68. The molecule has 1 aliphatic rings. The van der Waals surface area contributed by atoms with Crippen molar-refractivity contribution in [3.05, 3.63) is 35.9 Å². The van der Waals surface area contributed by atoms with Crippen LogP contribution in [0.5, 0.6) is 0 Å². The Bertz CT molecular complexity index is 384. The summed E-state index contributed by atoms with van der Waals surface area (Å²) in [5.41, 5.74) is 1.03. The van der Waals surface area contributed by atoms with E-state index in [1.807, 2.05) is 30.3 Å². The van der Waals surface area contributed by atoms with Gasteiger partial charge in [-0.25, -0.2) is 0 Å². The van der Waals surface area contributed by atoms with Gasteiger partial charge in [-0.3, -0.25) is 4.90 Å². The number of rotatable bonds is 6. The second kappa shape index (κ2) is 7.24. The minimum Gasteiger partial charge on any atom is -0.387 e. The van der Waals surface area contributed by atoms with Gasteiger partial charge in [0.15, 0.2) is 0 Å². The lowest BCUT2D eigenvalue weighted by Gasteiger charge is -2.36. The molecular formula is C18H29NO. The molecule has 1 N–H and O–H groups in total. The number of aliphatic hydroxyl groups is 1. The van der Waals surface area contributed by atoms with E-state index in [2.05, 4.69) is 25.8 Å². The first kappa shape index (κ1) is 15.5. The molecule has 112 valence electrons. The number of hydrogen-bond donors (Lipinski definition) is 1. The number of hydrogen-bond acceptors (Lipinski definition) is 2. The number of likely N-dealkylation sites (N-methyl/N-ethyl adjacent to an activating group) is 1. The van der Waals surface area contributed by atoms with E-state index in [4.69, 9.17) is 0 Å². The first-order valence-electron chi connectivity index (χ1n) is 8.03. The lowest BCUT2D eigenvalue weighted by atomic mass is 9.91. The SMILES string of the molecule is CC(C)C(C(O)c1ccccc1)N(C)CC1CCCC1. The van der Waals surface area contributed by atoms with Crippen LogP contribution >= 0.6 is 0 Å². The topological polar surface area (TPSA) is 23.5 Å². The molecule has 0 bridgehead atoms. The van der Waals surface area contributed by atoms with Gasteiger partial charge in [0.1, 0.15) is 0 Å². The standard InChI is InChI=1S/C18H29NO/c1-14(2)17(18(20)16-11-5-4-6-12-16)19(3)13-15-9-7-8-10-15/h4-6,11-12,14-15,17-18,20H,7-10,13H2,1-3H3. The summed E-state index contributed by atoms with van der Waals surface area (Å²) < 4.78 is 0. The molecule has 0 aliphatic heterocycles. The second-order valence-electron chi connectivity index (χ2n) is 6.68. The highest BCUT2D eigenvalue weighted by Crippen LogP contribution is 2.30. The van der Waals surface area contributed by atoms with Crippen molar-refractivity contribution in [1.29, 1.82) is 0 Å². The van der Waals surface area contributed by atoms with Crippen molar-refractivity contribution < 1.29 is 5.11 Å². The van der Waals surface area contributed by atoms with Crippen LogP contribution < -0.4 is 0 Å². The maximum Gasteiger partial charge on any atom is 0.0947 e. The lowest BCUT2D eigenvalue weighted by molar-refractivity contribution is 0.0293. The highest BCUT2D eigenvalue weighted by atomic mass is 16.3. The van der Waals surface area contributed by atoms with Gasteiger partial charge in [-0.1, -0.05) is 57.0 Å². The first-order chi connectivity index (χ1) is 9.59. The molecule has 0 spiro atoms. The summed E-state index contributed by atoms with van der Waals surface area (Å²) in [6.07, 6.45) is 5.08. The van der Waals surface area contributed by atoms with E-state index >= 15 is 0 Å². The van der Waals surface area contributed by atoms with Crippen molar-refractivity contribution in [3.63, 3.8) is 0 Å². The van der Waals surface area contributed by atoms with Gasteiger partial charge < -0.3 is 5.11 Å². The molecule has 0 saturated heterocycles. The third-order valence-corrected chi connectivity index (χ3v) is 4.68. The molecule has 0 radical (unpaired) electrons. The molecule has 2 atom stereocenters. The quantitative estimate of drug-likeness (QED) is 0.852. The van der Waals surface area contributed by atoms with Gasteiger partial charge in [-0.2, -0.15) is 0 Å². The van der Waals surface area contributed by atoms with Crippen molar-refractivity contribution in [2.45, 2.75) is 51.7 Å². The lowest BCUT2D eigenvalue weighted by Crippen LogP contribution is -2.42. The Morgan fingerprint density at radius 2 is 1.75 bits per heavy atom. The highest BCUT2D eigenvalue weighted by molar-refractivity contribution is 5.19. The molecule has 1 fully saturated rings. The number of aliphatic hydroxyl groups excluding tert-OH is 1. The van der Waals surface area contributed by atoms with Crippen LogP contribution in [0, 0.1) is 11.8 Å². The van der Waals surface area contributed by atoms with Crippen LogP contribution in [-0.2, 0) is 0 Å². The van der Waals surface area contributed by atoms with Crippen molar-refractivity contribution in [1.82, 2.24) is 4.90 Å². The smallest absolute Gasteiger partial charge is 0.0947 e. The van der Waals surface area contributed by atoms with Crippen LogP contribution in [0.15, 0.2) is 30.3 Å². The average Bonchev–Trinajstić information content (AvgIpc) is 2.92. The molecule has 0 aromatic heterocycles. The van der Waals surface area contributed by atoms with Crippen molar-refractivity contribution in [3.8, 4) is 0 Å². The maximum atomic E-state index is 10.8. The van der Waals surface area contributed by atoms with E-state index in [-0.39, 0.29) is 6.04 Å². The Hall–Kier alpha value is -0.860. The fraction of sp³-hybridized carbons (Fsp3) is 0.667. The van der Waals surface area contributed by atoms with Gasteiger partial charge in [-0.15, -0.1) is 0 Å². The molecule has 20 heavy (non-hydrogen) atoms. The molecule has 1 aromatic rings. The van der Waals surface area contributed by atoms with Crippen LogP contribution in [0.1, 0.15) is 51.2 Å². The Labute approximate surface area is 123 Å². The minimum atomic E-state index is -0.400. The van der Waals surface area contributed by atoms with Gasteiger partial charge in [0.2, 0.25) is 0 Å². The van der Waals surface area contributed by atoms with E-state index in [0.29, 0.717) is 5.92 Å². The number of nitrogens with zero attached hydrogens (tertiary/aromatic N) is 1. The zero-order chi connectivity index (χ0) is 14.5. The Balaban J connectivity index is 2.05. The molecule has 2 unspecified atom stereocenters. The summed E-state index contributed by atoms with van der Waals surface area (Å²) in [5.74, 6) is 1.26. The molecule has 2 rings (SSSR count). The third kappa shape index (κ3) is 3.83. The summed E-state index contributed by atoms with van der Waals surface area (Å²) in [6.45, 7) is 5.54. The van der Waals surface area contributed by atoms with Crippen LogP contribution in [0.4, 0.5) is 0 Å². The van der Waals surface area contributed by atoms with Gasteiger partial charge in [0.25, 0.3) is 0 Å². The van der Waals surface area contributed by atoms with Crippen LogP contribution in [-0.4, -0.2) is 29.6 Å². The van der Waals surface area contributed by atoms with E-state index in [1.54, 1.807) is 0 Å². The van der Waals surface area contributed by atoms with E-state index in [9.17, 15) is 5.11 Å². The van der Waals surface area contributed by atoms with Gasteiger partial charge in [0.05, 0.1) is 6.10 Å². The Kier molecular flexibility index (Phi) is 5.62. The van der Waals surface area contributed by atoms with Gasteiger partial charge in [-0.05, 0) is 37.3 Å². The van der Waals surface area contributed by atoms with Gasteiger partial charge in [0, 0.05) is 12.6 Å². The third-order valence-electron chi connectivity index (χ3n) is 4.68. The van der Waals surface area contributed by atoms with Crippen molar-refractivity contribution >= 4 is 0 Å². The molecule has 1 saturated carbocycles. The summed E-state index contributed by atoms with van der Waals surface area (Å²) in [5, 5.41) is 10.8. The van der Waals surface area contributed by atoms with E-state index in [1.165, 1.54) is 25.7 Å². The van der Waals surface area contributed by atoms with E-state index in [0.717, 1.165) is 18.0 Å². The summed E-state index contributed by atoms with van der Waals surface area (Å²) in [4.78, 5) is 2.39. The molecule has 2 heteroatoms. The normalized spacial score (nSPS) is 19.7. The largest absolute Gasteiger partial charge is 0.387 e. The Morgan fingerprint density at radius 1 is 1.15 bits per heavy atom. The minimum absolute atomic E-state index is 0.193. The van der Waals surface area contributed by atoms with E-state index < -0.39 is 6.10 Å². The predicted molar refractivity (Wildman–Crippen MR) is 84.6 cm³/mol. The van der Waals surface area contributed by atoms with Crippen LogP contribution in [0.3, 0.4) is 0 Å². The fourth-order valence-corrected chi connectivity index (χ4v) is 3.68. The Morgan fingerprint density at radius 3 is 2.30 bits per heavy atom. The number of benzene rings is 1. The zero-order valence-corrected chi connectivity index (χ0v) is 13.1. The average molecular weight is 275 g/mol. The van der Waals surface area contributed by atoms with Crippen LogP contribution in [0.2, 0.25) is 0 Å². The molecule has 1 aliphatic carbocycles. The summed E-state index contributed by atoms with van der Waals surface area (Å²) >= 11 is 0. The van der Waals surface area contributed by atoms with Crippen molar-refractivity contribution in [2.75, 3.05) is 13.6 Å². The summed E-state index contributed by atoms with van der Waals surface area (Å²) in [6, 6.07) is 10.3. The second-order valence-corrected chi connectivity index (χ2v) is 6.68. The summed E-state index contributed by atoms with van der Waals surface area (Å²) in [7, 11) is 2.18. The molecule has 0 heterocycles. The molecule has 1 aromatic carbocycles. The maximum absolute atomic E-state index is 10.8. The monoisotopic (exact) mass is 275 g/mol. The van der Waals surface area contributed by atoms with Crippen LogP contribution in [0.25, 0.3) is 0 Å². The predicted octanol–water partition coefficient (Wildman–Crippen LogP) is 3.87. The molecule has 0 amide bonds. The zero-order valence-electron chi connectivity index (χ0n) is 13.1. The molecule has 2 nitrogen and oxygen atoms in total. The first-order valence-corrected chi connectivity index (χ1v) is 8.03. The van der Waals surface area contributed by atoms with Crippen molar-refractivity contribution in [2.24, 2.45) is 11.8 Å².